The molecule has 0 atom stereocenters. The van der Waals surface area contributed by atoms with Crippen molar-refractivity contribution in [3.05, 3.63) is 39.8 Å². The maximum Gasteiger partial charge on any atom is 0.294 e. The largest absolute Gasteiger partial charge is 0.341 e. The molecular weight excluding hydrogens is 360 g/mol. The van der Waals surface area contributed by atoms with Gasteiger partial charge in [-0.15, -0.1) is 0 Å². The molecule has 25 heavy (non-hydrogen) atoms. The summed E-state index contributed by atoms with van der Waals surface area (Å²) < 4.78 is 0. The Balaban J connectivity index is 1.68. The van der Waals surface area contributed by atoms with E-state index in [2.05, 4.69) is 0 Å². The molecule has 5 nitrogen and oxygen atoms in total. The number of nitrogens with zero attached hydrogens (tertiary/aromatic N) is 2. The van der Waals surface area contributed by atoms with Gasteiger partial charge in [-0.2, -0.15) is 0 Å². The van der Waals surface area contributed by atoms with Crippen LogP contribution in [0.25, 0.3) is 6.08 Å². The Morgan fingerprint density at radius 1 is 1.08 bits per heavy atom. The smallest absolute Gasteiger partial charge is 0.294 e. The molecule has 3 rings (SSSR count). The number of imide groups is 1. The van der Waals surface area contributed by atoms with E-state index in [4.69, 9.17) is 11.6 Å². The normalized spacial score (nSPS) is 20.3. The molecule has 1 aromatic carbocycles. The lowest BCUT2D eigenvalue weighted by atomic mass is 10.2. The fourth-order valence-corrected chi connectivity index (χ4v) is 3.87. The van der Waals surface area contributed by atoms with Crippen molar-refractivity contribution in [1.29, 1.82) is 0 Å². The van der Waals surface area contributed by atoms with E-state index in [1.165, 1.54) is 0 Å². The van der Waals surface area contributed by atoms with Crippen LogP contribution in [0, 0.1) is 0 Å². The molecule has 0 N–H and O–H groups in total. The standard InChI is InChI=1S/C18H19ClN2O3S/c19-14-7-5-13(6-8-14)11-15-17(23)21(18(24)25-15)12-16(22)20-9-3-1-2-4-10-20/h5-8,11H,1-4,9-10,12H2. The van der Waals surface area contributed by atoms with Gasteiger partial charge in [0.25, 0.3) is 11.1 Å². The van der Waals surface area contributed by atoms with E-state index in [1.54, 1.807) is 35.2 Å². The fourth-order valence-electron chi connectivity index (χ4n) is 2.90. The van der Waals surface area contributed by atoms with Crippen molar-refractivity contribution in [2.24, 2.45) is 0 Å². The Hall–Kier alpha value is -1.79. The van der Waals surface area contributed by atoms with Crippen molar-refractivity contribution in [2.45, 2.75) is 25.7 Å². The van der Waals surface area contributed by atoms with E-state index < -0.39 is 11.1 Å². The zero-order valence-electron chi connectivity index (χ0n) is 13.7. The van der Waals surface area contributed by atoms with Gasteiger partial charge in [0.15, 0.2) is 0 Å². The molecular formula is C18H19ClN2O3S. The molecule has 2 fully saturated rings. The summed E-state index contributed by atoms with van der Waals surface area (Å²) in [6.07, 6.45) is 5.84. The Bertz CT molecular complexity index is 710. The van der Waals surface area contributed by atoms with Crippen molar-refractivity contribution in [1.82, 2.24) is 9.80 Å². The third-order valence-corrected chi connectivity index (χ3v) is 5.45. The maximum absolute atomic E-state index is 12.5. The molecule has 0 saturated carbocycles. The first-order valence-electron chi connectivity index (χ1n) is 8.33. The predicted molar refractivity (Wildman–Crippen MR) is 99.2 cm³/mol. The van der Waals surface area contributed by atoms with Crippen molar-refractivity contribution in [2.75, 3.05) is 19.6 Å². The molecule has 132 valence electrons. The van der Waals surface area contributed by atoms with E-state index in [0.717, 1.165) is 47.9 Å². The summed E-state index contributed by atoms with van der Waals surface area (Å²) >= 11 is 6.72. The van der Waals surface area contributed by atoms with Gasteiger partial charge in [0.1, 0.15) is 6.54 Å². The quantitative estimate of drug-likeness (QED) is 0.751. The minimum absolute atomic E-state index is 0.156. The van der Waals surface area contributed by atoms with Gasteiger partial charge >= 0.3 is 0 Å². The van der Waals surface area contributed by atoms with Crippen LogP contribution in [0.3, 0.4) is 0 Å². The second kappa shape index (κ2) is 8.06. The van der Waals surface area contributed by atoms with Crippen LogP contribution >= 0.6 is 23.4 Å². The number of likely N-dealkylation sites (tertiary alicyclic amines) is 1. The molecule has 7 heteroatoms. The second-order valence-electron chi connectivity index (χ2n) is 6.11. The number of rotatable bonds is 3. The van der Waals surface area contributed by atoms with Crippen LogP contribution in [0.15, 0.2) is 29.2 Å². The van der Waals surface area contributed by atoms with Gasteiger partial charge in [-0.3, -0.25) is 19.3 Å². The molecule has 2 heterocycles. The highest BCUT2D eigenvalue weighted by atomic mass is 35.5. The number of hydrogen-bond acceptors (Lipinski definition) is 4. The molecule has 0 bridgehead atoms. The number of halogens is 1. The van der Waals surface area contributed by atoms with Gasteiger partial charge in [0.05, 0.1) is 4.91 Å². The number of amides is 3. The van der Waals surface area contributed by atoms with E-state index in [9.17, 15) is 14.4 Å². The van der Waals surface area contributed by atoms with Crippen LogP contribution in [-0.4, -0.2) is 46.5 Å². The molecule has 0 spiro atoms. The Morgan fingerprint density at radius 2 is 1.72 bits per heavy atom. The predicted octanol–water partition coefficient (Wildman–Crippen LogP) is 3.78. The Labute approximate surface area is 156 Å². The average molecular weight is 379 g/mol. The highest BCUT2D eigenvalue weighted by Gasteiger charge is 2.37. The lowest BCUT2D eigenvalue weighted by molar-refractivity contribution is -0.135. The summed E-state index contributed by atoms with van der Waals surface area (Å²) in [5.74, 6) is -0.565. The first kappa shape index (κ1) is 18.0. The van der Waals surface area contributed by atoms with Gasteiger partial charge in [-0.25, -0.2) is 0 Å². The first-order chi connectivity index (χ1) is 12.0. The summed E-state index contributed by atoms with van der Waals surface area (Å²) in [5, 5.41) is 0.210. The third-order valence-electron chi connectivity index (χ3n) is 4.29. The molecule has 1 aromatic rings. The molecule has 0 aliphatic carbocycles. The molecule has 0 unspecified atom stereocenters. The highest BCUT2D eigenvalue weighted by Crippen LogP contribution is 2.32. The van der Waals surface area contributed by atoms with E-state index in [1.807, 2.05) is 0 Å². The van der Waals surface area contributed by atoms with Gasteiger partial charge < -0.3 is 4.90 Å². The van der Waals surface area contributed by atoms with E-state index >= 15 is 0 Å². The SMILES string of the molecule is O=C(CN1C(=O)SC(=Cc2ccc(Cl)cc2)C1=O)N1CCCCCC1. The van der Waals surface area contributed by atoms with Gasteiger partial charge in [0, 0.05) is 18.1 Å². The first-order valence-corrected chi connectivity index (χ1v) is 9.53. The fraction of sp³-hybridized carbons (Fsp3) is 0.389. The lowest BCUT2D eigenvalue weighted by Crippen LogP contribution is -2.42. The van der Waals surface area contributed by atoms with Crippen LogP contribution in [-0.2, 0) is 9.59 Å². The molecule has 2 aliphatic heterocycles. The van der Waals surface area contributed by atoms with Gasteiger partial charge in [0.2, 0.25) is 5.91 Å². The maximum atomic E-state index is 12.5. The Morgan fingerprint density at radius 3 is 2.36 bits per heavy atom. The molecule has 2 saturated heterocycles. The van der Waals surface area contributed by atoms with Crippen LogP contribution in [0.5, 0.6) is 0 Å². The van der Waals surface area contributed by atoms with Crippen LogP contribution in [0.4, 0.5) is 4.79 Å². The summed E-state index contributed by atoms with van der Waals surface area (Å²) in [6.45, 7) is 1.23. The van der Waals surface area contributed by atoms with Crippen LogP contribution in [0.2, 0.25) is 5.02 Å². The highest BCUT2D eigenvalue weighted by molar-refractivity contribution is 8.18. The van der Waals surface area contributed by atoms with Crippen molar-refractivity contribution in [3.8, 4) is 0 Å². The Kier molecular flexibility index (Phi) is 5.81. The summed E-state index contributed by atoms with van der Waals surface area (Å²) in [4.78, 5) is 40.2. The minimum atomic E-state index is -0.409. The number of carbonyl (C=O) groups is 3. The zero-order chi connectivity index (χ0) is 17.8. The number of benzene rings is 1. The van der Waals surface area contributed by atoms with Crippen molar-refractivity contribution >= 4 is 46.5 Å². The lowest BCUT2D eigenvalue weighted by Gasteiger charge is -2.22. The van der Waals surface area contributed by atoms with Crippen LogP contribution < -0.4 is 0 Å². The summed E-state index contributed by atoms with van der Waals surface area (Å²) in [5.41, 5.74) is 0.786. The van der Waals surface area contributed by atoms with Crippen molar-refractivity contribution in [3.63, 3.8) is 0 Å². The number of carbonyl (C=O) groups excluding carboxylic acids is 3. The van der Waals surface area contributed by atoms with Gasteiger partial charge in [-0.1, -0.05) is 36.6 Å². The molecule has 0 aromatic heterocycles. The number of thioether (sulfide) groups is 1. The summed E-state index contributed by atoms with van der Waals surface area (Å²) in [7, 11) is 0. The number of hydrogen-bond donors (Lipinski definition) is 0. The molecule has 3 amide bonds. The van der Waals surface area contributed by atoms with E-state index in [-0.39, 0.29) is 12.5 Å². The van der Waals surface area contributed by atoms with Crippen LogP contribution in [0.1, 0.15) is 31.2 Å². The third kappa shape index (κ3) is 4.44. The zero-order valence-corrected chi connectivity index (χ0v) is 15.3. The molecule has 0 radical (unpaired) electrons. The average Bonchev–Trinajstić information content (AvgIpc) is 2.80. The minimum Gasteiger partial charge on any atom is -0.341 e. The summed E-state index contributed by atoms with van der Waals surface area (Å²) in [6, 6.07) is 7.00. The van der Waals surface area contributed by atoms with Gasteiger partial charge in [-0.05, 0) is 48.4 Å². The second-order valence-corrected chi connectivity index (χ2v) is 7.54. The monoisotopic (exact) mass is 378 g/mol. The topological polar surface area (TPSA) is 57.7 Å². The van der Waals surface area contributed by atoms with E-state index in [0.29, 0.717) is 23.0 Å². The van der Waals surface area contributed by atoms with Crippen molar-refractivity contribution < 1.29 is 14.4 Å². The molecule has 2 aliphatic rings.